The summed E-state index contributed by atoms with van der Waals surface area (Å²) < 4.78 is 1.67. The monoisotopic (exact) mass is 255 g/mol. The molecule has 1 amide bonds. The number of piperidine rings is 1. The van der Waals surface area contributed by atoms with Gasteiger partial charge in [0.05, 0.1) is 11.2 Å². The molecule has 1 fully saturated rings. The Hall–Kier alpha value is -1.03. The minimum absolute atomic E-state index is 0.0147. The van der Waals surface area contributed by atoms with Crippen molar-refractivity contribution in [3.63, 3.8) is 0 Å². The number of halogens is 1. The van der Waals surface area contributed by atoms with Crippen LogP contribution in [-0.4, -0.2) is 33.7 Å². The number of hydrogen-bond donors (Lipinski definition) is 0. The van der Waals surface area contributed by atoms with E-state index < -0.39 is 0 Å². The molecule has 0 radical (unpaired) electrons. The molecule has 4 nitrogen and oxygen atoms in total. The highest BCUT2D eigenvalue weighted by Crippen LogP contribution is 2.21. The molecule has 17 heavy (non-hydrogen) atoms. The summed E-state index contributed by atoms with van der Waals surface area (Å²) in [7, 11) is 0. The zero-order chi connectivity index (χ0) is 12.4. The van der Waals surface area contributed by atoms with Crippen LogP contribution in [0.1, 0.15) is 37.2 Å². The van der Waals surface area contributed by atoms with Crippen molar-refractivity contribution in [1.29, 1.82) is 0 Å². The molecule has 0 bridgehead atoms. The highest BCUT2D eigenvalue weighted by molar-refractivity contribution is 6.33. The van der Waals surface area contributed by atoms with Gasteiger partial charge in [-0.05, 0) is 25.7 Å². The van der Waals surface area contributed by atoms with Crippen LogP contribution < -0.4 is 0 Å². The van der Waals surface area contributed by atoms with Gasteiger partial charge in [-0.25, -0.2) is 0 Å². The number of likely N-dealkylation sites (tertiary alicyclic amines) is 1. The Labute approximate surface area is 107 Å². The Morgan fingerprint density at radius 1 is 1.65 bits per heavy atom. The Morgan fingerprint density at radius 3 is 3.06 bits per heavy atom. The molecule has 0 aromatic carbocycles. The first-order chi connectivity index (χ1) is 8.13. The second-order valence-corrected chi connectivity index (χ2v) is 5.06. The molecule has 94 valence electrons. The lowest BCUT2D eigenvalue weighted by atomic mass is 10.00. The third kappa shape index (κ3) is 2.46. The number of amides is 1. The standard InChI is InChI=1S/C12H18ClN3O/c1-3-16-11(10(13)7-14-16)12(17)15-6-4-5-9(2)8-15/h7,9H,3-6,8H2,1-2H3/t9-/m0/s1. The maximum Gasteiger partial charge on any atom is 0.273 e. The van der Waals surface area contributed by atoms with E-state index in [-0.39, 0.29) is 5.91 Å². The third-order valence-corrected chi connectivity index (χ3v) is 3.52. The summed E-state index contributed by atoms with van der Waals surface area (Å²) in [4.78, 5) is 14.3. The SMILES string of the molecule is CCn1ncc(Cl)c1C(=O)N1CCC[C@H](C)C1. The van der Waals surface area contributed by atoms with E-state index >= 15 is 0 Å². The van der Waals surface area contributed by atoms with Crippen molar-refractivity contribution in [2.24, 2.45) is 5.92 Å². The number of hydrogen-bond acceptors (Lipinski definition) is 2. The fourth-order valence-corrected chi connectivity index (χ4v) is 2.56. The fraction of sp³-hybridized carbons (Fsp3) is 0.667. The average Bonchev–Trinajstić information content (AvgIpc) is 2.69. The van der Waals surface area contributed by atoms with E-state index in [1.807, 2.05) is 11.8 Å². The number of rotatable bonds is 2. The number of carbonyl (C=O) groups excluding carboxylic acids is 1. The summed E-state index contributed by atoms with van der Waals surface area (Å²) in [5.41, 5.74) is 0.531. The molecule has 0 spiro atoms. The summed E-state index contributed by atoms with van der Waals surface area (Å²) in [5.74, 6) is 0.588. The van der Waals surface area contributed by atoms with Crippen LogP contribution in [0.3, 0.4) is 0 Å². The van der Waals surface area contributed by atoms with Crippen LogP contribution >= 0.6 is 11.6 Å². The summed E-state index contributed by atoms with van der Waals surface area (Å²) in [5, 5.41) is 4.56. The van der Waals surface area contributed by atoms with Gasteiger partial charge in [0.2, 0.25) is 0 Å². The number of nitrogens with zero attached hydrogens (tertiary/aromatic N) is 3. The predicted molar refractivity (Wildman–Crippen MR) is 67.2 cm³/mol. The van der Waals surface area contributed by atoms with Gasteiger partial charge in [-0.1, -0.05) is 18.5 Å². The molecule has 0 saturated carbocycles. The van der Waals surface area contributed by atoms with Gasteiger partial charge in [0.15, 0.2) is 0 Å². The molecule has 1 aromatic rings. The minimum Gasteiger partial charge on any atom is -0.337 e. The van der Waals surface area contributed by atoms with Crippen molar-refractivity contribution < 1.29 is 4.79 Å². The second-order valence-electron chi connectivity index (χ2n) is 4.66. The van der Waals surface area contributed by atoms with Crippen molar-refractivity contribution in [3.05, 3.63) is 16.9 Å². The highest BCUT2D eigenvalue weighted by atomic mass is 35.5. The first kappa shape index (κ1) is 12.4. The molecule has 1 saturated heterocycles. The van der Waals surface area contributed by atoms with Crippen LogP contribution in [0.4, 0.5) is 0 Å². The van der Waals surface area contributed by atoms with Gasteiger partial charge in [-0.15, -0.1) is 0 Å². The molecule has 5 heteroatoms. The van der Waals surface area contributed by atoms with E-state index in [0.29, 0.717) is 23.2 Å². The minimum atomic E-state index is 0.0147. The van der Waals surface area contributed by atoms with Crippen LogP contribution in [0.2, 0.25) is 5.02 Å². The van der Waals surface area contributed by atoms with Crippen molar-refractivity contribution in [1.82, 2.24) is 14.7 Å². The van der Waals surface area contributed by atoms with Crippen molar-refractivity contribution >= 4 is 17.5 Å². The lowest BCUT2D eigenvalue weighted by molar-refractivity contribution is 0.0670. The maximum absolute atomic E-state index is 12.4. The van der Waals surface area contributed by atoms with Gasteiger partial charge in [0, 0.05) is 19.6 Å². The molecular weight excluding hydrogens is 238 g/mol. The van der Waals surface area contributed by atoms with Gasteiger partial charge < -0.3 is 4.90 Å². The Kier molecular flexibility index (Phi) is 3.72. The van der Waals surface area contributed by atoms with E-state index in [1.165, 1.54) is 6.42 Å². The van der Waals surface area contributed by atoms with Crippen LogP contribution in [0.15, 0.2) is 6.20 Å². The molecule has 1 aliphatic rings. The van der Waals surface area contributed by atoms with E-state index in [4.69, 9.17) is 11.6 Å². The Bertz CT molecular complexity index is 416. The first-order valence-electron chi connectivity index (χ1n) is 6.14. The van der Waals surface area contributed by atoms with E-state index in [9.17, 15) is 4.79 Å². The van der Waals surface area contributed by atoms with Gasteiger partial charge in [0.25, 0.3) is 5.91 Å². The summed E-state index contributed by atoms with van der Waals surface area (Å²) >= 11 is 6.04. The zero-order valence-electron chi connectivity index (χ0n) is 10.3. The molecule has 0 aliphatic carbocycles. The molecule has 0 N–H and O–H groups in total. The zero-order valence-corrected chi connectivity index (χ0v) is 11.1. The highest BCUT2D eigenvalue weighted by Gasteiger charge is 2.26. The predicted octanol–water partition coefficient (Wildman–Crippen LogP) is 2.43. The van der Waals surface area contributed by atoms with E-state index in [1.54, 1.807) is 10.9 Å². The second kappa shape index (κ2) is 5.08. The fourth-order valence-electron chi connectivity index (χ4n) is 2.34. The topological polar surface area (TPSA) is 38.1 Å². The van der Waals surface area contributed by atoms with Crippen LogP contribution in [0.5, 0.6) is 0 Å². The third-order valence-electron chi connectivity index (χ3n) is 3.24. The molecule has 1 atom stereocenters. The summed E-state index contributed by atoms with van der Waals surface area (Å²) in [6, 6.07) is 0. The number of aryl methyl sites for hydroxylation is 1. The molecule has 2 rings (SSSR count). The van der Waals surface area contributed by atoms with Gasteiger partial charge in [-0.3, -0.25) is 9.48 Å². The van der Waals surface area contributed by atoms with Gasteiger partial charge in [-0.2, -0.15) is 5.10 Å². The molecule has 1 aromatic heterocycles. The molecule has 1 aliphatic heterocycles. The molecule has 2 heterocycles. The van der Waals surface area contributed by atoms with Crippen molar-refractivity contribution in [2.45, 2.75) is 33.2 Å². The lowest BCUT2D eigenvalue weighted by Gasteiger charge is -2.31. The first-order valence-corrected chi connectivity index (χ1v) is 6.51. The smallest absolute Gasteiger partial charge is 0.273 e. The maximum atomic E-state index is 12.4. The Balaban J connectivity index is 2.21. The van der Waals surface area contributed by atoms with Crippen LogP contribution in [0, 0.1) is 5.92 Å². The normalized spacial score (nSPS) is 20.6. The Morgan fingerprint density at radius 2 is 2.41 bits per heavy atom. The summed E-state index contributed by atoms with van der Waals surface area (Å²) in [6.45, 7) is 6.45. The average molecular weight is 256 g/mol. The lowest BCUT2D eigenvalue weighted by Crippen LogP contribution is -2.40. The van der Waals surface area contributed by atoms with Crippen molar-refractivity contribution in [2.75, 3.05) is 13.1 Å². The van der Waals surface area contributed by atoms with Crippen LogP contribution in [0.25, 0.3) is 0 Å². The van der Waals surface area contributed by atoms with E-state index in [0.717, 1.165) is 19.5 Å². The largest absolute Gasteiger partial charge is 0.337 e. The van der Waals surface area contributed by atoms with E-state index in [2.05, 4.69) is 12.0 Å². The van der Waals surface area contributed by atoms with Gasteiger partial charge >= 0.3 is 0 Å². The summed E-state index contributed by atoms with van der Waals surface area (Å²) in [6.07, 6.45) is 3.82. The van der Waals surface area contributed by atoms with Crippen molar-refractivity contribution in [3.8, 4) is 0 Å². The van der Waals surface area contributed by atoms with Crippen LogP contribution in [-0.2, 0) is 6.54 Å². The van der Waals surface area contributed by atoms with Gasteiger partial charge in [0.1, 0.15) is 5.69 Å². The number of aromatic nitrogens is 2. The molecule has 0 unspecified atom stereocenters. The quantitative estimate of drug-likeness (QED) is 0.814. The number of carbonyl (C=O) groups is 1. The molecular formula is C12H18ClN3O.